The van der Waals surface area contributed by atoms with Crippen LogP contribution < -0.4 is 10.0 Å². The van der Waals surface area contributed by atoms with Crippen LogP contribution in [0.5, 0.6) is 0 Å². The van der Waals surface area contributed by atoms with Gasteiger partial charge < -0.3 is 5.32 Å². The summed E-state index contributed by atoms with van der Waals surface area (Å²) >= 11 is 0. The Morgan fingerprint density at radius 1 is 1.14 bits per heavy atom. The zero-order valence-electron chi connectivity index (χ0n) is 11.9. The molecule has 1 heterocycles. The number of hydrogen-bond donors (Lipinski definition) is 2. The van der Waals surface area contributed by atoms with Crippen LogP contribution >= 0.6 is 0 Å². The minimum absolute atomic E-state index is 0.0217. The van der Waals surface area contributed by atoms with Crippen LogP contribution in [0.1, 0.15) is 19.3 Å². The molecule has 1 fully saturated rings. The maximum Gasteiger partial charge on any atom is 0.234 e. The number of benzene rings is 1. The lowest BCUT2D eigenvalue weighted by Crippen LogP contribution is -2.40. The molecule has 0 radical (unpaired) electrons. The summed E-state index contributed by atoms with van der Waals surface area (Å²) < 4.78 is 49.3. The van der Waals surface area contributed by atoms with Gasteiger partial charge in [0, 0.05) is 18.0 Å². The Morgan fingerprint density at radius 3 is 2.33 bits per heavy atom. The zero-order chi connectivity index (χ0) is 15.5. The smallest absolute Gasteiger partial charge is 0.234 e. The number of piperidine rings is 1. The molecule has 2 N–H and O–H groups in total. The summed E-state index contributed by atoms with van der Waals surface area (Å²) in [6.45, 7) is 0.850. The summed E-state index contributed by atoms with van der Waals surface area (Å²) in [5.41, 5.74) is 0.373. The van der Waals surface area contributed by atoms with Crippen molar-refractivity contribution < 1.29 is 16.8 Å². The average Bonchev–Trinajstić information content (AvgIpc) is 2.38. The van der Waals surface area contributed by atoms with Crippen molar-refractivity contribution in [2.45, 2.75) is 30.2 Å². The molecule has 0 saturated carbocycles. The quantitative estimate of drug-likeness (QED) is 0.838. The van der Waals surface area contributed by atoms with E-state index in [9.17, 15) is 16.8 Å². The van der Waals surface area contributed by atoms with Gasteiger partial charge in [-0.2, -0.15) is 0 Å². The molecule has 0 spiro atoms. The first-order valence-electron chi connectivity index (χ1n) is 6.80. The van der Waals surface area contributed by atoms with Crippen molar-refractivity contribution >= 4 is 25.5 Å². The molecule has 1 aliphatic rings. The summed E-state index contributed by atoms with van der Waals surface area (Å²) in [6.07, 6.45) is 4.09. The summed E-state index contributed by atoms with van der Waals surface area (Å²) in [7, 11) is -6.72. The van der Waals surface area contributed by atoms with E-state index in [2.05, 4.69) is 10.0 Å². The van der Waals surface area contributed by atoms with Gasteiger partial charge in [0.15, 0.2) is 9.84 Å². The first-order valence-corrected chi connectivity index (χ1v) is 10.3. The van der Waals surface area contributed by atoms with Crippen molar-refractivity contribution in [2.75, 3.05) is 23.3 Å². The molecule has 2 rings (SSSR count). The van der Waals surface area contributed by atoms with E-state index in [0.29, 0.717) is 5.69 Å². The fourth-order valence-electron chi connectivity index (χ4n) is 2.32. The number of rotatable bonds is 5. The molecule has 21 heavy (non-hydrogen) atoms. The first-order chi connectivity index (χ1) is 9.76. The van der Waals surface area contributed by atoms with Crippen molar-refractivity contribution in [3.63, 3.8) is 0 Å². The van der Waals surface area contributed by atoms with Crippen LogP contribution in [-0.4, -0.2) is 41.4 Å². The number of nitrogens with one attached hydrogen (secondary N) is 2. The Morgan fingerprint density at radius 2 is 1.81 bits per heavy atom. The largest absolute Gasteiger partial charge is 0.313 e. The minimum atomic E-state index is -3.44. The summed E-state index contributed by atoms with van der Waals surface area (Å²) in [4.78, 5) is 0.166. The van der Waals surface area contributed by atoms with E-state index in [1.54, 1.807) is 0 Å². The Hall–Kier alpha value is -1.12. The van der Waals surface area contributed by atoms with E-state index < -0.39 is 19.9 Å². The molecule has 0 aliphatic carbocycles. The number of sulfone groups is 1. The number of hydrogen-bond acceptors (Lipinski definition) is 5. The van der Waals surface area contributed by atoms with E-state index in [1.165, 1.54) is 24.3 Å². The third kappa shape index (κ3) is 4.98. The lowest BCUT2D eigenvalue weighted by atomic mass is 10.1. The second kappa shape index (κ2) is 6.33. The second-order valence-corrected chi connectivity index (χ2v) is 9.11. The molecule has 118 valence electrons. The number of sulfonamides is 1. The molecule has 0 aromatic heterocycles. The predicted molar refractivity (Wildman–Crippen MR) is 82.6 cm³/mol. The van der Waals surface area contributed by atoms with E-state index in [4.69, 9.17) is 0 Å². The van der Waals surface area contributed by atoms with Crippen molar-refractivity contribution in [1.29, 1.82) is 0 Å². The molecule has 1 saturated heterocycles. The van der Waals surface area contributed by atoms with Crippen LogP contribution in [0.4, 0.5) is 5.69 Å². The second-order valence-electron chi connectivity index (χ2n) is 5.33. The van der Waals surface area contributed by atoms with Crippen LogP contribution in [0.15, 0.2) is 29.2 Å². The van der Waals surface area contributed by atoms with Gasteiger partial charge in [0.2, 0.25) is 10.0 Å². The predicted octanol–water partition coefficient (Wildman–Crippen LogP) is 0.974. The van der Waals surface area contributed by atoms with Crippen LogP contribution in [-0.2, 0) is 19.9 Å². The highest BCUT2D eigenvalue weighted by molar-refractivity contribution is 7.92. The molecule has 8 heteroatoms. The SMILES string of the molecule is CS(=O)(=O)c1ccc(NS(=O)(=O)CC2CCCCN2)cc1. The van der Waals surface area contributed by atoms with E-state index in [0.717, 1.165) is 32.1 Å². The lowest BCUT2D eigenvalue weighted by Gasteiger charge is -2.23. The highest BCUT2D eigenvalue weighted by Crippen LogP contribution is 2.16. The third-order valence-corrected chi connectivity index (χ3v) is 5.91. The van der Waals surface area contributed by atoms with E-state index >= 15 is 0 Å². The first kappa shape index (κ1) is 16.3. The van der Waals surface area contributed by atoms with Gasteiger partial charge in [-0.3, -0.25) is 4.72 Å². The molecule has 1 aromatic carbocycles. The molecular formula is C13H20N2O4S2. The summed E-state index contributed by atoms with van der Waals surface area (Å²) in [5, 5.41) is 3.19. The van der Waals surface area contributed by atoms with E-state index in [-0.39, 0.29) is 16.7 Å². The van der Waals surface area contributed by atoms with Crippen LogP contribution in [0.25, 0.3) is 0 Å². The normalized spacial score (nSPS) is 20.1. The van der Waals surface area contributed by atoms with Gasteiger partial charge >= 0.3 is 0 Å². The van der Waals surface area contributed by atoms with Gasteiger partial charge in [-0.1, -0.05) is 6.42 Å². The van der Waals surface area contributed by atoms with Crippen molar-refractivity contribution in [3.05, 3.63) is 24.3 Å². The van der Waals surface area contributed by atoms with Crippen LogP contribution in [0, 0.1) is 0 Å². The zero-order valence-corrected chi connectivity index (χ0v) is 13.5. The molecule has 1 atom stereocenters. The molecule has 1 aromatic rings. The Bertz CT molecular complexity index is 675. The standard InChI is InChI=1S/C13H20N2O4S2/c1-20(16,17)13-7-5-11(6-8-13)15-21(18,19)10-12-4-2-3-9-14-12/h5-8,12,14-15H,2-4,9-10H2,1H3. The van der Waals surface area contributed by atoms with Crippen LogP contribution in [0.3, 0.4) is 0 Å². The summed E-state index contributed by atoms with van der Waals surface area (Å²) in [5.74, 6) is 0.0286. The monoisotopic (exact) mass is 332 g/mol. The Labute approximate surface area is 125 Å². The number of anilines is 1. The fraction of sp³-hybridized carbons (Fsp3) is 0.538. The van der Waals surface area contributed by atoms with Gasteiger partial charge in [0.05, 0.1) is 10.6 Å². The topological polar surface area (TPSA) is 92.3 Å². The molecule has 0 bridgehead atoms. The van der Waals surface area contributed by atoms with Crippen molar-refractivity contribution in [3.8, 4) is 0 Å². The molecule has 1 aliphatic heterocycles. The van der Waals surface area contributed by atoms with Gasteiger partial charge in [0.25, 0.3) is 0 Å². The molecule has 1 unspecified atom stereocenters. The van der Waals surface area contributed by atoms with Crippen molar-refractivity contribution in [2.24, 2.45) is 0 Å². The van der Waals surface area contributed by atoms with Gasteiger partial charge in [0.1, 0.15) is 0 Å². The third-order valence-electron chi connectivity index (χ3n) is 3.39. The highest BCUT2D eigenvalue weighted by atomic mass is 32.2. The van der Waals surface area contributed by atoms with Gasteiger partial charge in [-0.15, -0.1) is 0 Å². The summed E-state index contributed by atoms with van der Waals surface area (Å²) in [6, 6.07) is 5.69. The maximum absolute atomic E-state index is 12.1. The molecule has 0 amide bonds. The lowest BCUT2D eigenvalue weighted by molar-refractivity contribution is 0.424. The highest BCUT2D eigenvalue weighted by Gasteiger charge is 2.21. The maximum atomic E-state index is 12.1. The van der Waals surface area contributed by atoms with E-state index in [1.807, 2.05) is 0 Å². The fourth-order valence-corrected chi connectivity index (χ4v) is 4.35. The van der Waals surface area contributed by atoms with Crippen LogP contribution in [0.2, 0.25) is 0 Å². The van der Waals surface area contributed by atoms with Crippen molar-refractivity contribution in [1.82, 2.24) is 5.32 Å². The van der Waals surface area contributed by atoms with Gasteiger partial charge in [-0.05, 0) is 43.7 Å². The average molecular weight is 332 g/mol. The van der Waals surface area contributed by atoms with Gasteiger partial charge in [-0.25, -0.2) is 16.8 Å². The Kier molecular flexibility index (Phi) is 4.90. The molecule has 6 nitrogen and oxygen atoms in total. The molecular weight excluding hydrogens is 312 g/mol. The minimum Gasteiger partial charge on any atom is -0.313 e. The Balaban J connectivity index is 2.02.